The van der Waals surface area contributed by atoms with Crippen LogP contribution < -0.4 is 5.32 Å². The number of rotatable bonds is 6. The Balaban J connectivity index is 1.77. The van der Waals surface area contributed by atoms with Gasteiger partial charge in [0.15, 0.2) is 0 Å². The number of carbonyl (C=O) groups excluding carboxylic acids is 1. The molecule has 0 atom stereocenters. The van der Waals surface area contributed by atoms with Crippen molar-refractivity contribution in [1.82, 2.24) is 5.32 Å². The zero-order valence-electron chi connectivity index (χ0n) is 13.0. The highest BCUT2D eigenvalue weighted by Crippen LogP contribution is 2.18. The molecule has 1 aromatic carbocycles. The van der Waals surface area contributed by atoms with E-state index in [1.165, 1.54) is 18.4 Å². The van der Waals surface area contributed by atoms with E-state index in [0.717, 1.165) is 37.7 Å². The maximum atomic E-state index is 12.0. The van der Waals surface area contributed by atoms with Crippen molar-refractivity contribution in [2.45, 2.75) is 70.4 Å². The van der Waals surface area contributed by atoms with Gasteiger partial charge in [-0.25, -0.2) is 0 Å². The molecule has 0 bridgehead atoms. The molecule has 0 aromatic heterocycles. The molecule has 3 heteroatoms. The number of aliphatic hydroxyl groups excluding tert-OH is 1. The van der Waals surface area contributed by atoms with Crippen molar-refractivity contribution in [2.24, 2.45) is 0 Å². The molecule has 0 radical (unpaired) electrons. The van der Waals surface area contributed by atoms with Crippen LogP contribution in [0.3, 0.4) is 0 Å². The third kappa shape index (κ3) is 5.50. The average molecular weight is 289 g/mol. The minimum absolute atomic E-state index is 0.0951. The molecule has 1 aromatic rings. The van der Waals surface area contributed by atoms with E-state index in [1.54, 1.807) is 0 Å². The fraction of sp³-hybridized carbons (Fsp3) is 0.611. The summed E-state index contributed by atoms with van der Waals surface area (Å²) in [6.45, 7) is 2.20. The maximum absolute atomic E-state index is 12.0. The molecule has 0 unspecified atom stereocenters. The van der Waals surface area contributed by atoms with Gasteiger partial charge >= 0.3 is 0 Å². The van der Waals surface area contributed by atoms with Crippen LogP contribution in [0.4, 0.5) is 0 Å². The summed E-state index contributed by atoms with van der Waals surface area (Å²) in [6.07, 6.45) is 7.21. The fourth-order valence-corrected chi connectivity index (χ4v) is 2.89. The van der Waals surface area contributed by atoms with Crippen LogP contribution in [0, 0.1) is 0 Å². The first-order chi connectivity index (χ1) is 10.2. The molecular formula is C18H27NO2. The first-order valence-electron chi connectivity index (χ1n) is 8.22. The molecule has 1 aliphatic rings. The number of hydrogen-bond acceptors (Lipinski definition) is 2. The van der Waals surface area contributed by atoms with Crippen LogP contribution in [-0.4, -0.2) is 23.2 Å². The Morgan fingerprint density at radius 3 is 2.38 bits per heavy atom. The second-order valence-corrected chi connectivity index (χ2v) is 6.17. The van der Waals surface area contributed by atoms with Gasteiger partial charge in [-0.1, -0.05) is 37.6 Å². The van der Waals surface area contributed by atoms with Gasteiger partial charge in [-0.05, 0) is 49.7 Å². The summed E-state index contributed by atoms with van der Waals surface area (Å²) < 4.78 is 0. The lowest BCUT2D eigenvalue weighted by atomic mass is 9.93. The summed E-state index contributed by atoms with van der Waals surface area (Å²) in [5.74, 6) is 0.0951. The minimum Gasteiger partial charge on any atom is -0.393 e. The first-order valence-corrected chi connectivity index (χ1v) is 8.22. The van der Waals surface area contributed by atoms with Crippen LogP contribution in [0.2, 0.25) is 0 Å². The Bertz CT molecular complexity index is 433. The van der Waals surface area contributed by atoms with Crippen LogP contribution in [0.25, 0.3) is 0 Å². The van der Waals surface area contributed by atoms with E-state index < -0.39 is 0 Å². The number of nitrogens with one attached hydrogen (secondary N) is 1. The molecule has 1 saturated carbocycles. The molecule has 1 aliphatic carbocycles. The molecular weight excluding hydrogens is 262 g/mol. The van der Waals surface area contributed by atoms with Gasteiger partial charge in [-0.3, -0.25) is 4.79 Å². The summed E-state index contributed by atoms with van der Waals surface area (Å²) in [4.78, 5) is 12.0. The smallest absolute Gasteiger partial charge is 0.224 e. The van der Waals surface area contributed by atoms with Gasteiger partial charge in [0.25, 0.3) is 0 Å². The number of aliphatic hydroxyl groups is 1. The average Bonchev–Trinajstić information content (AvgIpc) is 2.49. The van der Waals surface area contributed by atoms with Crippen LogP contribution in [0.15, 0.2) is 24.3 Å². The molecule has 2 N–H and O–H groups in total. The predicted octanol–water partition coefficient (Wildman–Crippen LogP) is 2.99. The monoisotopic (exact) mass is 289 g/mol. The second kappa shape index (κ2) is 8.18. The van der Waals surface area contributed by atoms with Gasteiger partial charge in [0, 0.05) is 6.04 Å². The van der Waals surface area contributed by atoms with Crippen LogP contribution in [0.5, 0.6) is 0 Å². The van der Waals surface area contributed by atoms with Crippen molar-refractivity contribution in [3.05, 3.63) is 35.4 Å². The Morgan fingerprint density at radius 2 is 1.76 bits per heavy atom. The number of hydrogen-bond donors (Lipinski definition) is 2. The van der Waals surface area contributed by atoms with E-state index >= 15 is 0 Å². The Labute approximate surface area is 127 Å². The molecule has 0 spiro atoms. The normalized spacial score (nSPS) is 22.0. The van der Waals surface area contributed by atoms with E-state index in [-0.39, 0.29) is 18.1 Å². The van der Waals surface area contributed by atoms with Crippen molar-refractivity contribution in [3.63, 3.8) is 0 Å². The van der Waals surface area contributed by atoms with E-state index in [0.29, 0.717) is 6.42 Å². The molecule has 1 amide bonds. The molecule has 116 valence electrons. The summed E-state index contributed by atoms with van der Waals surface area (Å²) in [5, 5.41) is 12.6. The quantitative estimate of drug-likeness (QED) is 0.846. The Hall–Kier alpha value is -1.35. The second-order valence-electron chi connectivity index (χ2n) is 6.17. The molecule has 0 heterocycles. The minimum atomic E-state index is -0.172. The zero-order valence-corrected chi connectivity index (χ0v) is 13.0. The molecule has 3 nitrogen and oxygen atoms in total. The van der Waals surface area contributed by atoms with Crippen molar-refractivity contribution < 1.29 is 9.90 Å². The highest BCUT2D eigenvalue weighted by Gasteiger charge is 2.20. The fourth-order valence-electron chi connectivity index (χ4n) is 2.89. The number of carbonyl (C=O) groups is 1. The predicted molar refractivity (Wildman–Crippen MR) is 85.2 cm³/mol. The van der Waals surface area contributed by atoms with Gasteiger partial charge in [0.1, 0.15) is 0 Å². The lowest BCUT2D eigenvalue weighted by Gasteiger charge is -2.26. The topological polar surface area (TPSA) is 49.3 Å². The number of benzene rings is 1. The van der Waals surface area contributed by atoms with E-state index in [9.17, 15) is 9.90 Å². The van der Waals surface area contributed by atoms with E-state index in [2.05, 4.69) is 36.5 Å². The third-order valence-electron chi connectivity index (χ3n) is 4.27. The standard InChI is InChI=1S/C18H27NO2/c1-2-3-4-14-5-7-15(8-6-14)13-18(21)19-16-9-11-17(20)12-10-16/h5-8,16-17,20H,2-4,9-13H2,1H3,(H,19,21). The molecule has 21 heavy (non-hydrogen) atoms. The highest BCUT2D eigenvalue weighted by atomic mass is 16.3. The lowest BCUT2D eigenvalue weighted by Crippen LogP contribution is -2.39. The van der Waals surface area contributed by atoms with Gasteiger partial charge < -0.3 is 10.4 Å². The lowest BCUT2D eigenvalue weighted by molar-refractivity contribution is -0.121. The SMILES string of the molecule is CCCCc1ccc(CC(=O)NC2CCC(O)CC2)cc1. The summed E-state index contributed by atoms with van der Waals surface area (Å²) >= 11 is 0. The van der Waals surface area contributed by atoms with Crippen molar-refractivity contribution in [3.8, 4) is 0 Å². The first kappa shape index (κ1) is 16.0. The number of aryl methyl sites for hydroxylation is 1. The third-order valence-corrected chi connectivity index (χ3v) is 4.27. The maximum Gasteiger partial charge on any atom is 0.224 e. The van der Waals surface area contributed by atoms with Crippen LogP contribution in [-0.2, 0) is 17.6 Å². The van der Waals surface area contributed by atoms with Crippen molar-refractivity contribution in [2.75, 3.05) is 0 Å². The van der Waals surface area contributed by atoms with Crippen LogP contribution in [0.1, 0.15) is 56.6 Å². The van der Waals surface area contributed by atoms with Gasteiger partial charge in [-0.15, -0.1) is 0 Å². The van der Waals surface area contributed by atoms with Gasteiger partial charge in [0.05, 0.1) is 12.5 Å². The molecule has 0 saturated heterocycles. The largest absolute Gasteiger partial charge is 0.393 e. The van der Waals surface area contributed by atoms with E-state index in [1.807, 2.05) is 0 Å². The summed E-state index contributed by atoms with van der Waals surface area (Å²) in [6, 6.07) is 8.64. The highest BCUT2D eigenvalue weighted by molar-refractivity contribution is 5.78. The van der Waals surface area contributed by atoms with Gasteiger partial charge in [0.2, 0.25) is 5.91 Å². The van der Waals surface area contributed by atoms with Crippen molar-refractivity contribution in [1.29, 1.82) is 0 Å². The Morgan fingerprint density at radius 1 is 1.14 bits per heavy atom. The molecule has 2 rings (SSSR count). The summed E-state index contributed by atoms with van der Waals surface area (Å²) in [5.41, 5.74) is 2.42. The van der Waals surface area contributed by atoms with E-state index in [4.69, 9.17) is 0 Å². The van der Waals surface area contributed by atoms with Crippen LogP contribution >= 0.6 is 0 Å². The number of amides is 1. The molecule has 1 fully saturated rings. The Kier molecular flexibility index (Phi) is 6.24. The zero-order chi connectivity index (χ0) is 15.1. The number of unbranched alkanes of at least 4 members (excludes halogenated alkanes) is 1. The van der Waals surface area contributed by atoms with Crippen molar-refractivity contribution >= 4 is 5.91 Å². The summed E-state index contributed by atoms with van der Waals surface area (Å²) in [7, 11) is 0. The molecule has 0 aliphatic heterocycles. The van der Waals surface area contributed by atoms with Gasteiger partial charge in [-0.2, -0.15) is 0 Å².